The minimum atomic E-state index is -0.262. The first-order valence-electron chi connectivity index (χ1n) is 6.74. The molecule has 2 rings (SSSR count). The maximum Gasteiger partial charge on any atom is 0.255 e. The van der Waals surface area contributed by atoms with Gasteiger partial charge in [-0.15, -0.1) is 0 Å². The van der Waals surface area contributed by atoms with Crippen LogP contribution in [0.5, 0.6) is 0 Å². The van der Waals surface area contributed by atoms with Crippen LogP contribution in [0.2, 0.25) is 0 Å². The first-order valence-corrected chi connectivity index (χ1v) is 6.74. The number of anilines is 2. The van der Waals surface area contributed by atoms with Crippen molar-refractivity contribution in [3.8, 4) is 12.1 Å². The highest BCUT2D eigenvalue weighted by atomic mass is 16.1. The van der Waals surface area contributed by atoms with E-state index < -0.39 is 0 Å². The third-order valence-corrected chi connectivity index (χ3v) is 2.93. The summed E-state index contributed by atoms with van der Waals surface area (Å²) in [7, 11) is 0. The average Bonchev–Trinajstić information content (AvgIpc) is 2.57. The second-order valence-corrected chi connectivity index (χ2v) is 4.70. The molecule has 0 spiro atoms. The molecule has 0 aliphatic rings. The molecule has 0 saturated heterocycles. The van der Waals surface area contributed by atoms with Gasteiger partial charge in [0.1, 0.15) is 12.1 Å². The monoisotopic (exact) mass is 303 g/mol. The average molecular weight is 303 g/mol. The lowest BCUT2D eigenvalue weighted by Gasteiger charge is -2.07. The summed E-state index contributed by atoms with van der Waals surface area (Å²) in [4.78, 5) is 12.1. The van der Waals surface area contributed by atoms with Gasteiger partial charge in [-0.3, -0.25) is 10.2 Å². The van der Waals surface area contributed by atoms with Crippen LogP contribution in [0.15, 0.2) is 53.6 Å². The Morgan fingerprint density at radius 2 is 1.70 bits per heavy atom. The van der Waals surface area contributed by atoms with Crippen LogP contribution in [0.25, 0.3) is 0 Å². The van der Waals surface area contributed by atoms with Crippen molar-refractivity contribution in [1.82, 2.24) is 0 Å². The highest BCUT2D eigenvalue weighted by molar-refractivity contribution is 6.10. The van der Waals surface area contributed by atoms with E-state index in [4.69, 9.17) is 10.5 Å². The number of nitriles is 2. The van der Waals surface area contributed by atoms with Crippen molar-refractivity contribution in [1.29, 1.82) is 10.5 Å². The predicted molar refractivity (Wildman–Crippen MR) is 87.9 cm³/mol. The van der Waals surface area contributed by atoms with Crippen LogP contribution in [-0.2, 0) is 0 Å². The summed E-state index contributed by atoms with van der Waals surface area (Å²) < 4.78 is 0. The number of hydrogen-bond acceptors (Lipinski definition) is 5. The van der Waals surface area contributed by atoms with Gasteiger partial charge in [-0.05, 0) is 43.3 Å². The molecule has 0 aliphatic heterocycles. The minimum absolute atomic E-state index is 0.191. The van der Waals surface area contributed by atoms with Gasteiger partial charge in [0.15, 0.2) is 0 Å². The summed E-state index contributed by atoms with van der Waals surface area (Å²) in [5.74, 6) is -0.191. The Labute approximate surface area is 133 Å². The number of carbonyl (C=O) groups excluding carboxylic acids is 1. The van der Waals surface area contributed by atoms with Crippen LogP contribution in [0.3, 0.4) is 0 Å². The second kappa shape index (κ2) is 7.39. The van der Waals surface area contributed by atoms with Gasteiger partial charge >= 0.3 is 0 Å². The third-order valence-electron chi connectivity index (χ3n) is 2.93. The maximum atomic E-state index is 12.1. The number of rotatable bonds is 4. The number of nitrogens with zero attached hydrogens (tertiary/aromatic N) is 3. The molecule has 0 saturated carbocycles. The molecule has 2 aromatic carbocycles. The van der Waals surface area contributed by atoms with Crippen LogP contribution in [0, 0.1) is 29.6 Å². The molecule has 0 aliphatic carbocycles. The van der Waals surface area contributed by atoms with E-state index in [1.807, 2.05) is 25.1 Å². The fourth-order valence-electron chi connectivity index (χ4n) is 1.81. The molecule has 0 fully saturated rings. The Kier molecular flexibility index (Phi) is 5.06. The molecule has 0 bridgehead atoms. The summed E-state index contributed by atoms with van der Waals surface area (Å²) in [5, 5.41) is 23.6. The third kappa shape index (κ3) is 4.42. The number of hydrazone groups is 1. The molecule has 0 aromatic heterocycles. The van der Waals surface area contributed by atoms with Crippen molar-refractivity contribution >= 4 is 23.0 Å². The molecule has 0 radical (unpaired) electrons. The summed E-state index contributed by atoms with van der Waals surface area (Å²) in [6.45, 7) is 1.93. The molecule has 0 unspecified atom stereocenters. The lowest BCUT2D eigenvalue weighted by atomic mass is 10.1. The molecule has 6 heteroatoms. The lowest BCUT2D eigenvalue weighted by Crippen LogP contribution is -2.11. The van der Waals surface area contributed by atoms with E-state index in [9.17, 15) is 4.79 Å². The molecule has 1 amide bonds. The number of amides is 1. The zero-order chi connectivity index (χ0) is 16.7. The molecular weight excluding hydrogens is 290 g/mol. The van der Waals surface area contributed by atoms with Crippen molar-refractivity contribution < 1.29 is 4.79 Å². The lowest BCUT2D eigenvalue weighted by molar-refractivity contribution is 0.102. The van der Waals surface area contributed by atoms with Crippen LogP contribution in [-0.4, -0.2) is 11.6 Å². The van der Waals surface area contributed by atoms with E-state index in [1.165, 1.54) is 0 Å². The maximum absolute atomic E-state index is 12.1. The van der Waals surface area contributed by atoms with Gasteiger partial charge in [-0.2, -0.15) is 15.6 Å². The van der Waals surface area contributed by atoms with Gasteiger partial charge in [0.05, 0.1) is 5.69 Å². The van der Waals surface area contributed by atoms with Gasteiger partial charge in [-0.1, -0.05) is 17.7 Å². The molecule has 6 nitrogen and oxygen atoms in total. The first-order chi connectivity index (χ1) is 11.1. The van der Waals surface area contributed by atoms with Crippen LogP contribution < -0.4 is 10.7 Å². The Hall–Kier alpha value is -3.64. The zero-order valence-electron chi connectivity index (χ0n) is 12.4. The number of hydrogen-bond donors (Lipinski definition) is 2. The fourth-order valence-corrected chi connectivity index (χ4v) is 1.81. The molecule has 2 N–H and O–H groups in total. The van der Waals surface area contributed by atoms with E-state index >= 15 is 0 Å². The van der Waals surface area contributed by atoms with Crippen molar-refractivity contribution in [3.05, 3.63) is 59.7 Å². The van der Waals surface area contributed by atoms with Crippen LogP contribution >= 0.6 is 0 Å². The first kappa shape index (κ1) is 15.7. The standard InChI is InChI=1S/C17H13N5O/c1-12-3-2-4-13(9-12)17(23)20-14-5-7-15(8-6-14)21-22-16(10-18)11-19/h2-9,21H,1H3,(H,20,23). The van der Waals surface area contributed by atoms with Gasteiger partial charge in [-0.25, -0.2) is 0 Å². The molecule has 0 heterocycles. The van der Waals surface area contributed by atoms with Crippen LogP contribution in [0.4, 0.5) is 11.4 Å². The highest BCUT2D eigenvalue weighted by Crippen LogP contribution is 2.15. The minimum Gasteiger partial charge on any atom is -0.322 e. The molecule has 0 atom stereocenters. The van der Waals surface area contributed by atoms with Crippen LogP contribution in [0.1, 0.15) is 15.9 Å². The Morgan fingerprint density at radius 1 is 1.04 bits per heavy atom. The fraction of sp³-hybridized carbons (Fsp3) is 0.0588. The van der Waals surface area contributed by atoms with E-state index in [-0.39, 0.29) is 11.6 Å². The number of carbonyl (C=O) groups is 1. The van der Waals surface area contributed by atoms with E-state index in [1.54, 1.807) is 42.5 Å². The van der Waals surface area contributed by atoms with Crippen molar-refractivity contribution in [2.45, 2.75) is 6.92 Å². The smallest absolute Gasteiger partial charge is 0.255 e. The van der Waals surface area contributed by atoms with E-state index in [0.717, 1.165) is 5.56 Å². The quantitative estimate of drug-likeness (QED) is 0.669. The van der Waals surface area contributed by atoms with Gasteiger partial charge in [0, 0.05) is 11.3 Å². The normalized spacial score (nSPS) is 9.17. The van der Waals surface area contributed by atoms with Gasteiger partial charge < -0.3 is 5.32 Å². The number of benzene rings is 2. The number of nitrogens with one attached hydrogen (secondary N) is 2. The van der Waals surface area contributed by atoms with Crippen molar-refractivity contribution in [2.24, 2.45) is 5.10 Å². The van der Waals surface area contributed by atoms with E-state index in [0.29, 0.717) is 16.9 Å². The SMILES string of the molecule is Cc1cccc(C(=O)Nc2ccc(NN=C(C#N)C#N)cc2)c1. The van der Waals surface area contributed by atoms with Gasteiger partial charge in [0.25, 0.3) is 5.91 Å². The Bertz CT molecular complexity index is 809. The summed E-state index contributed by atoms with van der Waals surface area (Å²) in [5.41, 5.74) is 5.17. The van der Waals surface area contributed by atoms with Gasteiger partial charge in [0.2, 0.25) is 5.71 Å². The topological polar surface area (TPSA) is 101 Å². The zero-order valence-corrected chi connectivity index (χ0v) is 12.4. The summed E-state index contributed by atoms with van der Waals surface area (Å²) in [6.07, 6.45) is 0. The van der Waals surface area contributed by atoms with Crippen molar-refractivity contribution in [2.75, 3.05) is 10.7 Å². The van der Waals surface area contributed by atoms with E-state index in [2.05, 4.69) is 15.8 Å². The molecule has 112 valence electrons. The molecule has 23 heavy (non-hydrogen) atoms. The highest BCUT2D eigenvalue weighted by Gasteiger charge is 2.05. The largest absolute Gasteiger partial charge is 0.322 e. The summed E-state index contributed by atoms with van der Waals surface area (Å²) >= 11 is 0. The predicted octanol–water partition coefficient (Wildman–Crippen LogP) is 3.06. The Morgan fingerprint density at radius 3 is 2.30 bits per heavy atom. The molecular formula is C17H13N5O. The Balaban J connectivity index is 2.03. The second-order valence-electron chi connectivity index (χ2n) is 4.70. The summed E-state index contributed by atoms with van der Waals surface area (Å²) in [6, 6.07) is 17.4. The number of aryl methyl sites for hydroxylation is 1. The molecule has 2 aromatic rings. The van der Waals surface area contributed by atoms with Crippen molar-refractivity contribution in [3.63, 3.8) is 0 Å².